The Morgan fingerprint density at radius 1 is 0.955 bits per heavy atom. The van der Waals surface area contributed by atoms with Crippen molar-refractivity contribution in [2.24, 2.45) is 0 Å². The zero-order valence-corrected chi connectivity index (χ0v) is 13.7. The predicted molar refractivity (Wildman–Crippen MR) is 85.0 cm³/mol. The number of unbranched alkanes of at least 4 members (excludes halogenated alkanes) is 8. The zero-order valence-electron chi connectivity index (χ0n) is 13.7. The summed E-state index contributed by atoms with van der Waals surface area (Å²) in [4.78, 5) is 11.4. The largest absolute Gasteiger partial charge is 0.633 e. The molecule has 0 saturated carbocycles. The van der Waals surface area contributed by atoms with Gasteiger partial charge in [-0.3, -0.25) is 4.79 Å². The average Bonchev–Trinajstić information content (AvgIpc) is 2.49. The highest BCUT2D eigenvalue weighted by Crippen LogP contribution is 2.10. The Kier molecular flexibility index (Phi) is 14.8. The fourth-order valence-corrected chi connectivity index (χ4v) is 2.09. The highest BCUT2D eigenvalue weighted by molar-refractivity contribution is 6.32. The molecule has 0 rings (SSSR count). The normalized spacial score (nSPS) is 12.2. The Balaban J connectivity index is 3.32. The maximum atomic E-state index is 11.4. The van der Waals surface area contributed by atoms with Gasteiger partial charge in [0.2, 0.25) is 0 Å². The van der Waals surface area contributed by atoms with Gasteiger partial charge in [0, 0.05) is 6.42 Å². The van der Waals surface area contributed by atoms with E-state index >= 15 is 0 Å². The third-order valence-electron chi connectivity index (χ3n) is 3.36. The van der Waals surface area contributed by atoms with Crippen LogP contribution in [0.4, 0.5) is 0 Å². The van der Waals surface area contributed by atoms with Crippen LogP contribution in [-0.4, -0.2) is 47.8 Å². The summed E-state index contributed by atoms with van der Waals surface area (Å²) in [5.74, 6) is -0.341. The van der Waals surface area contributed by atoms with Gasteiger partial charge in [-0.2, -0.15) is 0 Å². The first-order valence-corrected chi connectivity index (χ1v) is 8.37. The zero-order chi connectivity index (χ0) is 16.6. The molecule has 7 heteroatoms. The van der Waals surface area contributed by atoms with E-state index in [4.69, 9.17) is 14.8 Å². The van der Waals surface area contributed by atoms with E-state index in [0.717, 1.165) is 19.3 Å². The van der Waals surface area contributed by atoms with E-state index in [1.165, 1.54) is 38.5 Å². The van der Waals surface area contributed by atoms with Gasteiger partial charge in [0.1, 0.15) is 12.7 Å². The summed E-state index contributed by atoms with van der Waals surface area (Å²) < 4.78 is 9.24. The van der Waals surface area contributed by atoms with Gasteiger partial charge in [-0.05, 0) is 6.42 Å². The highest BCUT2D eigenvalue weighted by Gasteiger charge is 2.14. The molecular weight excluding hydrogens is 287 g/mol. The first-order valence-electron chi connectivity index (χ1n) is 8.37. The van der Waals surface area contributed by atoms with E-state index in [2.05, 4.69) is 11.6 Å². The maximum Gasteiger partial charge on any atom is 0.633 e. The van der Waals surface area contributed by atoms with Gasteiger partial charge in [-0.15, -0.1) is 0 Å². The molecule has 0 saturated heterocycles. The molecule has 0 aromatic carbocycles. The van der Waals surface area contributed by atoms with Crippen molar-refractivity contribution in [1.29, 1.82) is 0 Å². The standard InChI is InChI=1S/C15H31BO6/c1-2-3-4-5-6-7-8-9-10-11-15(18)21-12-14(17)13-22-16(19)20/h14,17,19-20H,2-13H2,1H3. The van der Waals surface area contributed by atoms with Crippen LogP contribution in [0, 0.1) is 0 Å². The lowest BCUT2D eigenvalue weighted by Crippen LogP contribution is -2.28. The van der Waals surface area contributed by atoms with Crippen LogP contribution in [0.2, 0.25) is 0 Å². The smallest absolute Gasteiger partial charge is 0.463 e. The van der Waals surface area contributed by atoms with Crippen molar-refractivity contribution in [3.63, 3.8) is 0 Å². The molecule has 0 aliphatic heterocycles. The molecular formula is C15H31BO6. The maximum absolute atomic E-state index is 11.4. The fraction of sp³-hybridized carbons (Fsp3) is 0.933. The molecule has 0 aliphatic rings. The molecule has 22 heavy (non-hydrogen) atoms. The van der Waals surface area contributed by atoms with E-state index in [9.17, 15) is 9.90 Å². The second-order valence-corrected chi connectivity index (χ2v) is 5.57. The molecule has 0 bridgehead atoms. The molecule has 0 heterocycles. The third kappa shape index (κ3) is 15.8. The van der Waals surface area contributed by atoms with Crippen molar-refractivity contribution in [1.82, 2.24) is 0 Å². The summed E-state index contributed by atoms with van der Waals surface area (Å²) >= 11 is 0. The second kappa shape index (κ2) is 15.3. The van der Waals surface area contributed by atoms with E-state index in [0.29, 0.717) is 6.42 Å². The quantitative estimate of drug-likeness (QED) is 0.242. The molecule has 0 aliphatic carbocycles. The van der Waals surface area contributed by atoms with Crippen LogP contribution in [0.25, 0.3) is 0 Å². The number of carbonyl (C=O) groups is 1. The Morgan fingerprint density at radius 3 is 2.05 bits per heavy atom. The van der Waals surface area contributed by atoms with Crippen LogP contribution >= 0.6 is 0 Å². The number of carbonyl (C=O) groups excluding carboxylic acids is 1. The van der Waals surface area contributed by atoms with Crippen LogP contribution < -0.4 is 0 Å². The van der Waals surface area contributed by atoms with Crippen LogP contribution in [0.15, 0.2) is 0 Å². The number of hydrogen-bond donors (Lipinski definition) is 3. The summed E-state index contributed by atoms with van der Waals surface area (Å²) in [5, 5.41) is 26.2. The van der Waals surface area contributed by atoms with E-state index in [1.807, 2.05) is 0 Å². The van der Waals surface area contributed by atoms with Crippen molar-refractivity contribution in [2.75, 3.05) is 13.2 Å². The number of aliphatic hydroxyl groups is 1. The second-order valence-electron chi connectivity index (χ2n) is 5.57. The number of hydrogen-bond acceptors (Lipinski definition) is 6. The summed E-state index contributed by atoms with van der Waals surface area (Å²) in [6, 6.07) is 0. The number of esters is 1. The first-order chi connectivity index (χ1) is 10.6. The number of aliphatic hydroxyl groups excluding tert-OH is 1. The molecule has 3 N–H and O–H groups in total. The number of ether oxygens (including phenoxy) is 1. The van der Waals surface area contributed by atoms with Gasteiger partial charge in [-0.1, -0.05) is 58.3 Å². The van der Waals surface area contributed by atoms with Gasteiger partial charge in [-0.25, -0.2) is 0 Å². The van der Waals surface area contributed by atoms with Crippen LogP contribution in [0.3, 0.4) is 0 Å². The van der Waals surface area contributed by atoms with Crippen molar-refractivity contribution < 1.29 is 29.3 Å². The summed E-state index contributed by atoms with van der Waals surface area (Å²) in [6.07, 6.45) is 9.97. The van der Waals surface area contributed by atoms with Crippen LogP contribution in [0.5, 0.6) is 0 Å². The lowest BCUT2D eigenvalue weighted by atomic mass is 10.1. The van der Waals surface area contributed by atoms with E-state index in [-0.39, 0.29) is 19.2 Å². The molecule has 1 unspecified atom stereocenters. The van der Waals surface area contributed by atoms with E-state index in [1.54, 1.807) is 0 Å². The Morgan fingerprint density at radius 2 is 1.50 bits per heavy atom. The lowest BCUT2D eigenvalue weighted by Gasteiger charge is -2.11. The fourth-order valence-electron chi connectivity index (χ4n) is 2.09. The molecule has 0 aromatic rings. The van der Waals surface area contributed by atoms with Crippen molar-refractivity contribution in [3.8, 4) is 0 Å². The molecule has 0 fully saturated rings. The van der Waals surface area contributed by atoms with Gasteiger partial charge in [0.15, 0.2) is 0 Å². The molecule has 1 atom stereocenters. The monoisotopic (exact) mass is 318 g/mol. The van der Waals surface area contributed by atoms with E-state index < -0.39 is 13.4 Å². The number of rotatable bonds is 15. The van der Waals surface area contributed by atoms with Gasteiger partial charge in [0.05, 0.1) is 6.61 Å². The minimum Gasteiger partial charge on any atom is -0.463 e. The van der Waals surface area contributed by atoms with Crippen LogP contribution in [0.1, 0.15) is 71.1 Å². The van der Waals surface area contributed by atoms with Crippen molar-refractivity contribution >= 4 is 13.3 Å². The molecule has 6 nitrogen and oxygen atoms in total. The van der Waals surface area contributed by atoms with Gasteiger partial charge in [0.25, 0.3) is 0 Å². The molecule has 130 valence electrons. The SMILES string of the molecule is CCCCCCCCCCCC(=O)OCC(O)COB(O)O. The molecule has 0 amide bonds. The molecule has 0 spiro atoms. The minimum absolute atomic E-state index is 0.191. The van der Waals surface area contributed by atoms with Gasteiger partial charge < -0.3 is 24.5 Å². The van der Waals surface area contributed by atoms with Crippen molar-refractivity contribution in [3.05, 3.63) is 0 Å². The first kappa shape index (κ1) is 21.4. The average molecular weight is 318 g/mol. The molecule has 0 aromatic heterocycles. The highest BCUT2D eigenvalue weighted by atomic mass is 16.6. The Labute approximate surface area is 134 Å². The summed E-state index contributed by atoms with van der Waals surface area (Å²) in [6.45, 7) is 1.73. The van der Waals surface area contributed by atoms with Crippen LogP contribution in [-0.2, 0) is 14.2 Å². The van der Waals surface area contributed by atoms with Gasteiger partial charge >= 0.3 is 13.3 Å². The minimum atomic E-state index is -1.92. The van der Waals surface area contributed by atoms with Crippen molar-refractivity contribution in [2.45, 2.75) is 77.2 Å². The molecule has 0 radical (unpaired) electrons. The third-order valence-corrected chi connectivity index (χ3v) is 3.36. The topological polar surface area (TPSA) is 96.2 Å². The lowest BCUT2D eigenvalue weighted by molar-refractivity contribution is -0.147. The summed E-state index contributed by atoms with van der Waals surface area (Å²) in [7, 11) is -1.92. The Bertz CT molecular complexity index is 262. The predicted octanol–water partition coefficient (Wildman–Crippen LogP) is 1.80. The summed E-state index contributed by atoms with van der Waals surface area (Å²) in [5.41, 5.74) is 0. The Hall–Kier alpha value is -0.625.